The highest BCUT2D eigenvalue weighted by molar-refractivity contribution is 7.99. The fourth-order valence-electron chi connectivity index (χ4n) is 1.39. The third-order valence-corrected chi connectivity index (χ3v) is 3.31. The number of nitrogens with one attached hydrogen (secondary N) is 1. The second kappa shape index (κ2) is 6.45. The zero-order chi connectivity index (χ0) is 15.5. The summed E-state index contributed by atoms with van der Waals surface area (Å²) in [6, 6.07) is 2.49. The Bertz CT molecular complexity index is 502. The van der Waals surface area contributed by atoms with Gasteiger partial charge in [0, 0.05) is 5.54 Å². The summed E-state index contributed by atoms with van der Waals surface area (Å²) >= 11 is 7.01. The first-order valence-corrected chi connectivity index (χ1v) is 7.54. The van der Waals surface area contributed by atoms with Crippen LogP contribution in [0.5, 0.6) is 17.2 Å². The number of rotatable bonds is 4. The highest BCUT2D eigenvalue weighted by atomic mass is 35.5. The van der Waals surface area contributed by atoms with Crippen LogP contribution in [0.3, 0.4) is 0 Å². The molecule has 0 bridgehead atoms. The smallest absolute Gasteiger partial charge is 0.272 e. The monoisotopic (exact) mass is 319 g/mol. The zero-order valence-corrected chi connectivity index (χ0v) is 13.3. The molecule has 0 saturated carbocycles. The Morgan fingerprint density at radius 2 is 1.90 bits per heavy atom. The largest absolute Gasteiger partial charge is 0.506 e. The Balaban J connectivity index is 2.95. The van der Waals surface area contributed by atoms with E-state index >= 15 is 0 Å². The van der Waals surface area contributed by atoms with E-state index in [2.05, 4.69) is 5.32 Å². The van der Waals surface area contributed by atoms with Gasteiger partial charge in [0.05, 0.1) is 0 Å². The number of thioether (sulfide) groups is 1. The quantitative estimate of drug-likeness (QED) is 0.587. The number of benzene rings is 1. The Morgan fingerprint density at radius 3 is 2.40 bits per heavy atom. The third-order valence-electron chi connectivity index (χ3n) is 2.21. The SMILES string of the molecule is CSC(Oc1c(O)ccc(O)c1Cl)C(=O)NC(C)(C)C. The van der Waals surface area contributed by atoms with Crippen LogP contribution in [0.25, 0.3) is 0 Å². The van der Waals surface area contributed by atoms with Crippen LogP contribution in [0.2, 0.25) is 5.02 Å². The topological polar surface area (TPSA) is 78.8 Å². The van der Waals surface area contributed by atoms with Crippen LogP contribution in [0.4, 0.5) is 0 Å². The van der Waals surface area contributed by atoms with E-state index in [9.17, 15) is 15.0 Å². The number of aromatic hydroxyl groups is 2. The van der Waals surface area contributed by atoms with Gasteiger partial charge in [-0.3, -0.25) is 4.79 Å². The second-order valence-electron chi connectivity index (χ2n) is 5.17. The fraction of sp³-hybridized carbons (Fsp3) is 0.462. The number of amides is 1. The average molecular weight is 320 g/mol. The van der Waals surface area contributed by atoms with E-state index in [1.807, 2.05) is 20.8 Å². The van der Waals surface area contributed by atoms with Gasteiger partial charge >= 0.3 is 0 Å². The van der Waals surface area contributed by atoms with E-state index in [1.165, 1.54) is 12.1 Å². The van der Waals surface area contributed by atoms with Gasteiger partial charge < -0.3 is 20.3 Å². The molecule has 3 N–H and O–H groups in total. The molecule has 0 aliphatic heterocycles. The second-order valence-corrected chi connectivity index (χ2v) is 6.45. The van der Waals surface area contributed by atoms with E-state index in [0.717, 1.165) is 11.8 Å². The Morgan fingerprint density at radius 1 is 1.35 bits per heavy atom. The predicted molar refractivity (Wildman–Crippen MR) is 80.6 cm³/mol. The van der Waals surface area contributed by atoms with E-state index in [-0.39, 0.29) is 28.2 Å². The molecule has 0 aromatic heterocycles. The molecule has 1 aromatic rings. The molecule has 20 heavy (non-hydrogen) atoms. The van der Waals surface area contributed by atoms with Crippen LogP contribution in [0, 0.1) is 0 Å². The number of phenols is 2. The van der Waals surface area contributed by atoms with Gasteiger partial charge in [0.15, 0.2) is 11.5 Å². The van der Waals surface area contributed by atoms with Crippen molar-refractivity contribution in [1.29, 1.82) is 0 Å². The molecular weight excluding hydrogens is 302 g/mol. The molecule has 0 aliphatic rings. The molecule has 1 amide bonds. The minimum atomic E-state index is -0.889. The van der Waals surface area contributed by atoms with Crippen molar-refractivity contribution >= 4 is 29.3 Å². The van der Waals surface area contributed by atoms with Gasteiger partial charge in [-0.25, -0.2) is 0 Å². The molecule has 1 unspecified atom stereocenters. The van der Waals surface area contributed by atoms with Gasteiger partial charge in [-0.05, 0) is 39.2 Å². The maximum Gasteiger partial charge on any atom is 0.272 e. The first kappa shape index (κ1) is 16.8. The molecular formula is C13H18ClNO4S. The summed E-state index contributed by atoms with van der Waals surface area (Å²) in [5.74, 6) is -0.926. The Labute approximate surface area is 127 Å². The summed E-state index contributed by atoms with van der Waals surface area (Å²) in [6.45, 7) is 5.54. The lowest BCUT2D eigenvalue weighted by atomic mass is 10.1. The lowest BCUT2D eigenvalue weighted by Gasteiger charge is -2.25. The van der Waals surface area contributed by atoms with Crippen molar-refractivity contribution < 1.29 is 19.7 Å². The van der Waals surface area contributed by atoms with Crippen molar-refractivity contribution in [3.63, 3.8) is 0 Å². The molecule has 1 aromatic carbocycles. The summed E-state index contributed by atoms with van der Waals surface area (Å²) in [5, 5.41) is 21.9. The molecule has 0 saturated heterocycles. The van der Waals surface area contributed by atoms with Crippen LogP contribution in [0.1, 0.15) is 20.8 Å². The van der Waals surface area contributed by atoms with Gasteiger partial charge in [0.25, 0.3) is 5.91 Å². The minimum absolute atomic E-state index is 0.116. The molecule has 0 fully saturated rings. The van der Waals surface area contributed by atoms with Crippen LogP contribution >= 0.6 is 23.4 Å². The summed E-state index contributed by atoms with van der Waals surface area (Å²) in [7, 11) is 0. The molecule has 0 spiro atoms. The number of ether oxygens (including phenoxy) is 1. The average Bonchev–Trinajstić information content (AvgIpc) is 2.32. The lowest BCUT2D eigenvalue weighted by Crippen LogP contribution is -2.46. The van der Waals surface area contributed by atoms with Gasteiger partial charge in [-0.15, -0.1) is 11.8 Å². The molecule has 1 atom stereocenters. The maximum absolute atomic E-state index is 12.1. The Hall–Kier alpha value is -1.27. The number of phenolic OH excluding ortho intramolecular Hbond substituents is 2. The van der Waals surface area contributed by atoms with E-state index in [0.29, 0.717) is 0 Å². The first-order valence-electron chi connectivity index (χ1n) is 5.87. The van der Waals surface area contributed by atoms with E-state index < -0.39 is 11.0 Å². The lowest BCUT2D eigenvalue weighted by molar-refractivity contribution is -0.125. The molecule has 112 valence electrons. The standard InChI is InChI=1S/C13H18ClNO4S/c1-13(2,3)15-11(18)12(20-4)19-10-8(17)6-5-7(16)9(10)14/h5-6,12,16-17H,1-4H3,(H,15,18). The number of hydrogen-bond donors (Lipinski definition) is 3. The van der Waals surface area contributed by atoms with Crippen LogP contribution in [0.15, 0.2) is 12.1 Å². The number of carbonyl (C=O) groups excluding carboxylic acids is 1. The van der Waals surface area contributed by atoms with Crippen molar-refractivity contribution in [3.8, 4) is 17.2 Å². The summed E-state index contributed by atoms with van der Waals surface area (Å²) in [5.41, 5.74) is -1.29. The van der Waals surface area contributed by atoms with Crippen molar-refractivity contribution in [1.82, 2.24) is 5.32 Å². The minimum Gasteiger partial charge on any atom is -0.506 e. The third kappa shape index (κ3) is 4.38. The predicted octanol–water partition coefficient (Wildman–Crippen LogP) is 2.73. The summed E-state index contributed by atoms with van der Waals surface area (Å²) in [4.78, 5) is 12.1. The number of carbonyl (C=O) groups is 1. The van der Waals surface area contributed by atoms with Crippen molar-refractivity contribution in [3.05, 3.63) is 17.2 Å². The van der Waals surface area contributed by atoms with Gasteiger partial charge in [0.2, 0.25) is 5.44 Å². The molecule has 0 heterocycles. The highest BCUT2D eigenvalue weighted by Crippen LogP contribution is 2.41. The first-order chi connectivity index (χ1) is 9.15. The maximum atomic E-state index is 12.1. The Kier molecular flexibility index (Phi) is 5.42. The summed E-state index contributed by atoms with van der Waals surface area (Å²) < 4.78 is 5.42. The van der Waals surface area contributed by atoms with Gasteiger partial charge in [0.1, 0.15) is 10.8 Å². The van der Waals surface area contributed by atoms with Crippen LogP contribution in [-0.2, 0) is 4.79 Å². The summed E-state index contributed by atoms with van der Waals surface area (Å²) in [6.07, 6.45) is 1.70. The van der Waals surface area contributed by atoms with E-state index in [4.69, 9.17) is 16.3 Å². The molecule has 0 radical (unpaired) electrons. The highest BCUT2D eigenvalue weighted by Gasteiger charge is 2.26. The molecule has 7 heteroatoms. The van der Waals surface area contributed by atoms with Crippen molar-refractivity contribution in [2.75, 3.05) is 6.26 Å². The number of hydrogen-bond acceptors (Lipinski definition) is 5. The zero-order valence-electron chi connectivity index (χ0n) is 11.7. The molecule has 1 rings (SSSR count). The van der Waals surface area contributed by atoms with Crippen molar-refractivity contribution in [2.45, 2.75) is 31.7 Å². The molecule has 0 aliphatic carbocycles. The normalized spacial score (nSPS) is 12.8. The number of halogens is 1. The molecule has 5 nitrogen and oxygen atoms in total. The van der Waals surface area contributed by atoms with E-state index in [1.54, 1.807) is 6.26 Å². The fourth-order valence-corrected chi connectivity index (χ4v) is 2.06. The van der Waals surface area contributed by atoms with Gasteiger partial charge in [-0.1, -0.05) is 11.6 Å². The van der Waals surface area contributed by atoms with Gasteiger partial charge in [-0.2, -0.15) is 0 Å². The van der Waals surface area contributed by atoms with Crippen LogP contribution in [-0.4, -0.2) is 33.4 Å². The van der Waals surface area contributed by atoms with Crippen LogP contribution < -0.4 is 10.1 Å². The van der Waals surface area contributed by atoms with Crippen molar-refractivity contribution in [2.24, 2.45) is 0 Å².